The van der Waals surface area contributed by atoms with Gasteiger partial charge in [0, 0.05) is 41.4 Å². The van der Waals surface area contributed by atoms with E-state index in [4.69, 9.17) is 0 Å². The molecule has 2 nitrogen and oxygen atoms in total. The van der Waals surface area contributed by atoms with Crippen molar-refractivity contribution in [3.63, 3.8) is 0 Å². The van der Waals surface area contributed by atoms with Crippen LogP contribution in [0.25, 0.3) is 12.2 Å². The van der Waals surface area contributed by atoms with Crippen molar-refractivity contribution < 1.29 is 13.6 Å². The predicted molar refractivity (Wildman–Crippen MR) is 98.4 cm³/mol. The molecule has 0 spiro atoms. The summed E-state index contributed by atoms with van der Waals surface area (Å²) in [5.74, 6) is -0.833. The molecule has 1 aliphatic heterocycles. The molecular weight excluding hydrogens is 332 g/mol. The van der Waals surface area contributed by atoms with Gasteiger partial charge in [0.2, 0.25) is 0 Å². The van der Waals surface area contributed by atoms with Crippen molar-refractivity contribution in [2.75, 3.05) is 13.1 Å². The molecule has 4 heteroatoms. The lowest BCUT2D eigenvalue weighted by molar-refractivity contribution is -0.113. The molecule has 2 aliphatic rings. The third kappa shape index (κ3) is 3.51. The largest absolute Gasteiger partial charge is 0.292 e. The first-order chi connectivity index (χ1) is 12.6. The molecular formula is C22H19F2NO. The zero-order chi connectivity index (χ0) is 18.1. The summed E-state index contributed by atoms with van der Waals surface area (Å²) in [5.41, 5.74) is 1.91. The molecule has 2 aromatic carbocycles. The highest BCUT2D eigenvalue weighted by atomic mass is 19.1. The molecule has 1 saturated carbocycles. The number of benzene rings is 2. The molecule has 4 rings (SSSR count). The molecule has 0 amide bonds. The van der Waals surface area contributed by atoms with E-state index in [0.29, 0.717) is 41.4 Å². The van der Waals surface area contributed by atoms with Gasteiger partial charge >= 0.3 is 0 Å². The standard InChI is InChI=1S/C22H19F2NO/c23-20-7-3-1-5-15(20)11-17-13-25(19-9-10-19)14-18(22(17)26)12-16-6-2-4-8-21(16)24/h1-8,11-12,19H,9-10,13-14H2/b17-11+,18-12+. The van der Waals surface area contributed by atoms with Crippen LogP contribution in [0, 0.1) is 11.6 Å². The lowest BCUT2D eigenvalue weighted by Crippen LogP contribution is -2.39. The van der Waals surface area contributed by atoms with Crippen LogP contribution in [0.5, 0.6) is 0 Å². The number of carbonyl (C=O) groups excluding carboxylic acids is 1. The van der Waals surface area contributed by atoms with Crippen LogP contribution in [-0.2, 0) is 4.79 Å². The molecule has 2 fully saturated rings. The van der Waals surface area contributed by atoms with Gasteiger partial charge in [-0.3, -0.25) is 9.69 Å². The maximum atomic E-state index is 14.0. The Balaban J connectivity index is 1.72. The summed E-state index contributed by atoms with van der Waals surface area (Å²) in [5, 5.41) is 0. The van der Waals surface area contributed by atoms with Crippen molar-refractivity contribution in [1.29, 1.82) is 0 Å². The second kappa shape index (κ2) is 6.96. The molecule has 132 valence electrons. The first-order valence-electron chi connectivity index (χ1n) is 8.81. The third-order valence-electron chi connectivity index (χ3n) is 4.86. The second-order valence-corrected chi connectivity index (χ2v) is 6.85. The molecule has 0 radical (unpaired) electrons. The van der Waals surface area contributed by atoms with Crippen molar-refractivity contribution in [2.45, 2.75) is 18.9 Å². The molecule has 1 aliphatic carbocycles. The average molecular weight is 351 g/mol. The minimum absolute atomic E-state index is 0.131. The van der Waals surface area contributed by atoms with Crippen molar-refractivity contribution in [2.24, 2.45) is 0 Å². The van der Waals surface area contributed by atoms with Gasteiger partial charge in [0.15, 0.2) is 5.78 Å². The minimum atomic E-state index is -0.351. The molecule has 1 heterocycles. The van der Waals surface area contributed by atoms with Gasteiger partial charge in [-0.25, -0.2) is 8.78 Å². The van der Waals surface area contributed by atoms with E-state index in [1.807, 2.05) is 0 Å². The Hall–Kier alpha value is -2.59. The van der Waals surface area contributed by atoms with E-state index in [-0.39, 0.29) is 17.4 Å². The van der Waals surface area contributed by atoms with Gasteiger partial charge in [0.05, 0.1) is 0 Å². The quantitative estimate of drug-likeness (QED) is 0.760. The molecule has 0 aromatic heterocycles. The highest BCUT2D eigenvalue weighted by Crippen LogP contribution is 2.32. The Bertz CT molecular complexity index is 844. The van der Waals surface area contributed by atoms with E-state index >= 15 is 0 Å². The summed E-state index contributed by atoms with van der Waals surface area (Å²) < 4.78 is 28.0. The fourth-order valence-corrected chi connectivity index (χ4v) is 3.32. The minimum Gasteiger partial charge on any atom is -0.292 e. The molecule has 1 saturated heterocycles. The number of piperidine rings is 1. The molecule has 2 aromatic rings. The van der Waals surface area contributed by atoms with Crippen molar-refractivity contribution in [3.05, 3.63) is 82.4 Å². The van der Waals surface area contributed by atoms with E-state index < -0.39 is 0 Å². The number of ketones is 1. The van der Waals surface area contributed by atoms with Gasteiger partial charge in [-0.05, 0) is 37.1 Å². The van der Waals surface area contributed by atoms with Crippen LogP contribution in [-0.4, -0.2) is 29.8 Å². The summed E-state index contributed by atoms with van der Waals surface area (Å²) in [6, 6.07) is 13.3. The zero-order valence-corrected chi connectivity index (χ0v) is 14.3. The van der Waals surface area contributed by atoms with Gasteiger partial charge in [0.1, 0.15) is 11.6 Å². The third-order valence-corrected chi connectivity index (χ3v) is 4.86. The van der Waals surface area contributed by atoms with Gasteiger partial charge < -0.3 is 0 Å². The molecule has 26 heavy (non-hydrogen) atoms. The van der Waals surface area contributed by atoms with Crippen molar-refractivity contribution in [3.8, 4) is 0 Å². The summed E-state index contributed by atoms with van der Waals surface area (Å²) in [7, 11) is 0. The fourth-order valence-electron chi connectivity index (χ4n) is 3.32. The second-order valence-electron chi connectivity index (χ2n) is 6.85. The van der Waals surface area contributed by atoms with Crippen LogP contribution in [0.2, 0.25) is 0 Å². The summed E-state index contributed by atoms with van der Waals surface area (Å²) in [6.45, 7) is 1.01. The van der Waals surface area contributed by atoms with Gasteiger partial charge in [-0.15, -0.1) is 0 Å². The van der Waals surface area contributed by atoms with Crippen LogP contribution in [0.4, 0.5) is 8.78 Å². The monoisotopic (exact) mass is 351 g/mol. The van der Waals surface area contributed by atoms with Crippen LogP contribution >= 0.6 is 0 Å². The first kappa shape index (κ1) is 16.9. The number of nitrogens with zero attached hydrogens (tertiary/aromatic N) is 1. The van der Waals surface area contributed by atoms with E-state index in [0.717, 1.165) is 12.8 Å². The molecule has 0 bridgehead atoms. The number of halogens is 2. The molecule has 0 atom stereocenters. The highest BCUT2D eigenvalue weighted by Gasteiger charge is 2.35. The van der Waals surface area contributed by atoms with Gasteiger partial charge in [-0.2, -0.15) is 0 Å². The Morgan fingerprint density at radius 3 is 1.69 bits per heavy atom. The Labute approximate surface area is 151 Å². The average Bonchev–Trinajstić information content (AvgIpc) is 3.47. The van der Waals surface area contributed by atoms with Gasteiger partial charge in [-0.1, -0.05) is 36.4 Å². The lowest BCUT2D eigenvalue weighted by atomic mass is 9.94. The SMILES string of the molecule is O=C1/C(=C/c2ccccc2F)CN(C2CC2)C/C1=C\c1ccccc1F. The lowest BCUT2D eigenvalue weighted by Gasteiger charge is -2.29. The molecule has 0 N–H and O–H groups in total. The van der Waals surface area contributed by atoms with E-state index in [9.17, 15) is 13.6 Å². The fraction of sp³-hybridized carbons (Fsp3) is 0.227. The zero-order valence-electron chi connectivity index (χ0n) is 14.3. The van der Waals surface area contributed by atoms with Crippen LogP contribution in [0.3, 0.4) is 0 Å². The van der Waals surface area contributed by atoms with E-state index in [2.05, 4.69) is 4.90 Å². The van der Waals surface area contributed by atoms with Crippen molar-refractivity contribution >= 4 is 17.9 Å². The topological polar surface area (TPSA) is 20.3 Å². The summed E-state index contributed by atoms with van der Waals surface area (Å²) >= 11 is 0. The number of carbonyl (C=O) groups is 1. The molecule has 0 unspecified atom stereocenters. The highest BCUT2D eigenvalue weighted by molar-refractivity contribution is 6.14. The first-order valence-corrected chi connectivity index (χ1v) is 8.81. The number of likely N-dealkylation sites (tertiary alicyclic amines) is 1. The van der Waals surface area contributed by atoms with Gasteiger partial charge in [0.25, 0.3) is 0 Å². The number of hydrogen-bond acceptors (Lipinski definition) is 2. The van der Waals surface area contributed by atoms with Crippen LogP contribution in [0.15, 0.2) is 59.7 Å². The smallest absolute Gasteiger partial charge is 0.187 e. The normalized spacial score (nSPS) is 21.5. The number of hydrogen-bond donors (Lipinski definition) is 0. The van der Waals surface area contributed by atoms with E-state index in [1.54, 1.807) is 48.6 Å². The maximum absolute atomic E-state index is 14.0. The summed E-state index contributed by atoms with van der Waals surface area (Å²) in [4.78, 5) is 15.2. The van der Waals surface area contributed by atoms with Crippen LogP contribution < -0.4 is 0 Å². The number of rotatable bonds is 3. The summed E-state index contributed by atoms with van der Waals surface area (Å²) in [6.07, 6.45) is 5.46. The Kier molecular flexibility index (Phi) is 4.51. The van der Waals surface area contributed by atoms with Crippen LogP contribution in [0.1, 0.15) is 24.0 Å². The Morgan fingerprint density at radius 2 is 1.27 bits per heavy atom. The maximum Gasteiger partial charge on any atom is 0.187 e. The van der Waals surface area contributed by atoms with E-state index in [1.165, 1.54) is 12.1 Å². The van der Waals surface area contributed by atoms with Crippen molar-refractivity contribution in [1.82, 2.24) is 4.90 Å². The predicted octanol–water partition coefficient (Wildman–Crippen LogP) is 4.48. The number of Topliss-reactive ketones (excluding diaryl/α,β-unsaturated/α-hetero) is 1. The Morgan fingerprint density at radius 1 is 0.808 bits per heavy atom.